The average molecular weight is 356 g/mol. The zero-order valence-corrected chi connectivity index (χ0v) is 15.2. The van der Waals surface area contributed by atoms with E-state index in [1.54, 1.807) is 15.9 Å². The Hall–Kier alpha value is -2.76. The summed E-state index contributed by atoms with van der Waals surface area (Å²) in [5.74, 6) is 0.836. The Bertz CT molecular complexity index is 762. The molecule has 1 aliphatic heterocycles. The van der Waals surface area contributed by atoms with Crippen molar-refractivity contribution in [3.8, 4) is 5.75 Å². The SMILES string of the molecule is Cc1ccc(C)c(OCCC(=O)N2CCN(C(=O)c3ccoc3)CC2)c1. The largest absolute Gasteiger partial charge is 0.493 e. The van der Waals surface area contributed by atoms with Crippen LogP contribution in [0.4, 0.5) is 0 Å². The highest BCUT2D eigenvalue weighted by Crippen LogP contribution is 2.19. The summed E-state index contributed by atoms with van der Waals surface area (Å²) in [7, 11) is 0. The van der Waals surface area contributed by atoms with Crippen LogP contribution in [0.2, 0.25) is 0 Å². The highest BCUT2D eigenvalue weighted by molar-refractivity contribution is 5.94. The van der Waals surface area contributed by atoms with Crippen LogP contribution in [0.3, 0.4) is 0 Å². The Balaban J connectivity index is 1.44. The third-order valence-corrected chi connectivity index (χ3v) is 4.60. The lowest BCUT2D eigenvalue weighted by Crippen LogP contribution is -2.50. The van der Waals surface area contributed by atoms with E-state index in [-0.39, 0.29) is 11.8 Å². The van der Waals surface area contributed by atoms with Crippen LogP contribution in [0, 0.1) is 13.8 Å². The maximum absolute atomic E-state index is 12.4. The van der Waals surface area contributed by atoms with Crippen LogP contribution < -0.4 is 4.74 Å². The number of amides is 2. The lowest BCUT2D eigenvalue weighted by Gasteiger charge is -2.34. The molecule has 1 aromatic carbocycles. The number of aryl methyl sites for hydroxylation is 2. The minimum absolute atomic E-state index is 0.0518. The summed E-state index contributed by atoms with van der Waals surface area (Å²) in [4.78, 5) is 28.2. The van der Waals surface area contributed by atoms with Crippen LogP contribution in [-0.2, 0) is 4.79 Å². The molecule has 0 unspecified atom stereocenters. The van der Waals surface area contributed by atoms with Crippen LogP contribution >= 0.6 is 0 Å². The molecular formula is C20H24N2O4. The number of benzene rings is 1. The Labute approximate surface area is 153 Å². The van der Waals surface area contributed by atoms with Crippen molar-refractivity contribution in [2.75, 3.05) is 32.8 Å². The summed E-state index contributed by atoms with van der Waals surface area (Å²) in [6, 6.07) is 7.70. The summed E-state index contributed by atoms with van der Waals surface area (Å²) >= 11 is 0. The third-order valence-electron chi connectivity index (χ3n) is 4.60. The molecule has 0 bridgehead atoms. The normalized spacial score (nSPS) is 14.4. The molecule has 26 heavy (non-hydrogen) atoms. The van der Waals surface area contributed by atoms with Crippen molar-refractivity contribution in [3.05, 3.63) is 53.5 Å². The first-order valence-electron chi connectivity index (χ1n) is 8.84. The predicted octanol–water partition coefficient (Wildman–Crippen LogP) is 2.65. The molecule has 1 aliphatic rings. The smallest absolute Gasteiger partial charge is 0.257 e. The second-order valence-electron chi connectivity index (χ2n) is 6.55. The number of hydrogen-bond acceptors (Lipinski definition) is 4. The summed E-state index contributed by atoms with van der Waals surface area (Å²) < 4.78 is 10.7. The Morgan fingerprint density at radius 2 is 1.81 bits per heavy atom. The fourth-order valence-electron chi connectivity index (χ4n) is 3.00. The van der Waals surface area contributed by atoms with Gasteiger partial charge < -0.3 is 19.0 Å². The van der Waals surface area contributed by atoms with Gasteiger partial charge in [-0.3, -0.25) is 9.59 Å². The van der Waals surface area contributed by atoms with Crippen LogP contribution in [-0.4, -0.2) is 54.4 Å². The van der Waals surface area contributed by atoms with Gasteiger partial charge in [0.25, 0.3) is 5.91 Å². The van der Waals surface area contributed by atoms with Gasteiger partial charge in [0.1, 0.15) is 12.0 Å². The van der Waals surface area contributed by atoms with E-state index in [1.807, 2.05) is 32.0 Å². The molecule has 2 heterocycles. The highest BCUT2D eigenvalue weighted by Gasteiger charge is 2.25. The molecule has 2 aromatic rings. The van der Waals surface area contributed by atoms with E-state index in [0.717, 1.165) is 16.9 Å². The molecule has 6 heteroatoms. The van der Waals surface area contributed by atoms with Crippen molar-refractivity contribution in [2.24, 2.45) is 0 Å². The van der Waals surface area contributed by atoms with E-state index in [2.05, 4.69) is 0 Å². The molecule has 0 N–H and O–H groups in total. The molecule has 1 saturated heterocycles. The molecule has 2 amide bonds. The lowest BCUT2D eigenvalue weighted by molar-refractivity contribution is -0.133. The molecule has 0 aliphatic carbocycles. The zero-order chi connectivity index (χ0) is 18.5. The monoisotopic (exact) mass is 356 g/mol. The number of nitrogens with zero attached hydrogens (tertiary/aromatic N) is 2. The average Bonchev–Trinajstić information content (AvgIpc) is 3.18. The summed E-state index contributed by atoms with van der Waals surface area (Å²) in [5, 5.41) is 0. The van der Waals surface area contributed by atoms with Gasteiger partial charge in [-0.15, -0.1) is 0 Å². The number of carbonyl (C=O) groups excluding carboxylic acids is 2. The number of ether oxygens (including phenoxy) is 1. The Morgan fingerprint density at radius 1 is 1.08 bits per heavy atom. The van der Waals surface area contributed by atoms with E-state index in [4.69, 9.17) is 9.15 Å². The van der Waals surface area contributed by atoms with E-state index < -0.39 is 0 Å². The molecule has 0 atom stereocenters. The van der Waals surface area contributed by atoms with Gasteiger partial charge in [-0.05, 0) is 37.1 Å². The number of piperazine rings is 1. The number of hydrogen-bond donors (Lipinski definition) is 0. The van der Waals surface area contributed by atoms with Crippen LogP contribution in [0.25, 0.3) is 0 Å². The van der Waals surface area contributed by atoms with Crippen molar-refractivity contribution in [3.63, 3.8) is 0 Å². The van der Waals surface area contributed by atoms with Crippen LogP contribution in [0.5, 0.6) is 5.75 Å². The van der Waals surface area contributed by atoms with Crippen molar-refractivity contribution in [1.29, 1.82) is 0 Å². The van der Waals surface area contributed by atoms with Gasteiger partial charge in [0.05, 0.1) is 24.9 Å². The lowest BCUT2D eigenvalue weighted by atomic mass is 10.1. The van der Waals surface area contributed by atoms with Gasteiger partial charge in [-0.2, -0.15) is 0 Å². The summed E-state index contributed by atoms with van der Waals surface area (Å²) in [6.45, 7) is 6.53. The molecule has 138 valence electrons. The van der Waals surface area contributed by atoms with Crippen molar-refractivity contribution in [1.82, 2.24) is 9.80 Å². The van der Waals surface area contributed by atoms with Crippen molar-refractivity contribution in [2.45, 2.75) is 20.3 Å². The summed E-state index contributed by atoms with van der Waals surface area (Å²) in [6.07, 6.45) is 3.27. The minimum atomic E-state index is -0.0518. The van der Waals surface area contributed by atoms with Gasteiger partial charge in [-0.25, -0.2) is 0 Å². The maximum atomic E-state index is 12.4. The van der Waals surface area contributed by atoms with E-state index in [1.165, 1.54) is 12.5 Å². The third kappa shape index (κ3) is 4.25. The first-order chi connectivity index (χ1) is 12.5. The van der Waals surface area contributed by atoms with Gasteiger partial charge in [-0.1, -0.05) is 12.1 Å². The molecular weight excluding hydrogens is 332 g/mol. The molecule has 6 nitrogen and oxygen atoms in total. The van der Waals surface area contributed by atoms with Gasteiger partial charge >= 0.3 is 0 Å². The molecule has 0 saturated carbocycles. The standard InChI is InChI=1S/C20H24N2O4/c1-15-3-4-16(2)18(13-15)26-12-6-19(23)21-7-9-22(10-8-21)20(24)17-5-11-25-14-17/h3-5,11,13-14H,6-10,12H2,1-2H3. The zero-order valence-electron chi connectivity index (χ0n) is 15.2. The number of rotatable bonds is 5. The molecule has 1 aromatic heterocycles. The second-order valence-corrected chi connectivity index (χ2v) is 6.55. The molecule has 1 fully saturated rings. The summed E-state index contributed by atoms with van der Waals surface area (Å²) in [5.41, 5.74) is 2.75. The first-order valence-corrected chi connectivity index (χ1v) is 8.84. The van der Waals surface area contributed by atoms with Gasteiger partial charge in [0, 0.05) is 26.2 Å². The number of furan rings is 1. The maximum Gasteiger partial charge on any atom is 0.257 e. The van der Waals surface area contributed by atoms with Crippen LogP contribution in [0.15, 0.2) is 41.2 Å². The fraction of sp³-hybridized carbons (Fsp3) is 0.400. The topological polar surface area (TPSA) is 63.0 Å². The van der Waals surface area contributed by atoms with E-state index in [9.17, 15) is 9.59 Å². The second kappa shape index (κ2) is 8.08. The van der Waals surface area contributed by atoms with E-state index in [0.29, 0.717) is 44.8 Å². The Kier molecular flexibility index (Phi) is 5.61. The van der Waals surface area contributed by atoms with Crippen LogP contribution in [0.1, 0.15) is 27.9 Å². The van der Waals surface area contributed by atoms with E-state index >= 15 is 0 Å². The quantitative estimate of drug-likeness (QED) is 0.826. The predicted molar refractivity (Wildman–Crippen MR) is 97.2 cm³/mol. The fourth-order valence-corrected chi connectivity index (χ4v) is 3.00. The van der Waals surface area contributed by atoms with Gasteiger partial charge in [0.2, 0.25) is 5.91 Å². The number of carbonyl (C=O) groups is 2. The van der Waals surface area contributed by atoms with Crippen molar-refractivity contribution >= 4 is 11.8 Å². The Morgan fingerprint density at radius 3 is 2.50 bits per heavy atom. The molecule has 3 rings (SSSR count). The molecule has 0 spiro atoms. The highest BCUT2D eigenvalue weighted by atomic mass is 16.5. The first kappa shape index (κ1) is 18.0. The molecule has 0 radical (unpaired) electrons. The minimum Gasteiger partial charge on any atom is -0.493 e. The van der Waals surface area contributed by atoms with Crippen molar-refractivity contribution < 1.29 is 18.7 Å². The van der Waals surface area contributed by atoms with Gasteiger partial charge in [0.15, 0.2) is 0 Å².